The van der Waals surface area contributed by atoms with Crippen LogP contribution >= 0.6 is 34.8 Å². The highest BCUT2D eigenvalue weighted by Gasteiger charge is 2.14. The van der Waals surface area contributed by atoms with Gasteiger partial charge in [-0.3, -0.25) is 9.78 Å². The number of hydrogen-bond acceptors (Lipinski definition) is 2. The van der Waals surface area contributed by atoms with Gasteiger partial charge in [-0.05, 0) is 24.6 Å². The monoisotopic (exact) mass is 303 g/mol. The van der Waals surface area contributed by atoms with Gasteiger partial charge in [0, 0.05) is 5.39 Å². The molecule has 1 aromatic heterocycles. The topological polar surface area (TPSA) is 50.2 Å². The van der Waals surface area contributed by atoms with Crippen LogP contribution in [0.4, 0.5) is 0 Å². The van der Waals surface area contributed by atoms with Crippen LogP contribution in [0.1, 0.15) is 11.3 Å². The molecule has 0 saturated carbocycles. The van der Waals surface area contributed by atoms with Gasteiger partial charge < -0.3 is 5.11 Å². The molecule has 2 rings (SSSR count). The fraction of sp³-hybridized carbons (Fsp3) is 0.167. The molecule has 0 unspecified atom stereocenters. The van der Waals surface area contributed by atoms with E-state index in [1.54, 1.807) is 6.07 Å². The fourth-order valence-corrected chi connectivity index (χ4v) is 2.60. The van der Waals surface area contributed by atoms with Crippen molar-refractivity contribution in [1.82, 2.24) is 4.98 Å². The van der Waals surface area contributed by atoms with Crippen molar-refractivity contribution in [2.24, 2.45) is 0 Å². The Hall–Kier alpha value is -1.03. The second kappa shape index (κ2) is 4.92. The molecule has 0 spiro atoms. The van der Waals surface area contributed by atoms with Gasteiger partial charge in [0.15, 0.2) is 0 Å². The Morgan fingerprint density at radius 2 is 1.94 bits per heavy atom. The summed E-state index contributed by atoms with van der Waals surface area (Å²) in [6.07, 6.45) is -0.159. The molecule has 94 valence electrons. The number of rotatable bonds is 2. The highest BCUT2D eigenvalue weighted by Crippen LogP contribution is 2.36. The number of aromatic nitrogens is 1. The molecule has 0 radical (unpaired) electrons. The highest BCUT2D eigenvalue weighted by atomic mass is 35.5. The lowest BCUT2D eigenvalue weighted by atomic mass is 10.1. The van der Waals surface area contributed by atoms with E-state index in [1.165, 1.54) is 6.07 Å². The van der Waals surface area contributed by atoms with Crippen LogP contribution < -0.4 is 0 Å². The highest BCUT2D eigenvalue weighted by molar-refractivity contribution is 6.47. The molecule has 18 heavy (non-hydrogen) atoms. The smallest absolute Gasteiger partial charge is 0.309 e. The van der Waals surface area contributed by atoms with Gasteiger partial charge in [0.2, 0.25) is 0 Å². The maximum absolute atomic E-state index is 10.7. The minimum Gasteiger partial charge on any atom is -0.481 e. The van der Waals surface area contributed by atoms with Crippen molar-refractivity contribution in [2.75, 3.05) is 0 Å². The third-order valence-electron chi connectivity index (χ3n) is 2.51. The average Bonchev–Trinajstić information content (AvgIpc) is 2.24. The molecule has 0 saturated heterocycles. The van der Waals surface area contributed by atoms with Crippen molar-refractivity contribution in [3.8, 4) is 0 Å². The fourth-order valence-electron chi connectivity index (χ4n) is 1.80. The summed E-state index contributed by atoms with van der Waals surface area (Å²) in [5, 5.41) is 10.5. The number of aryl methyl sites for hydroxylation is 1. The SMILES string of the molecule is Cc1cc(CC(=O)O)nc2c(Cl)cc(Cl)c(Cl)c12. The Balaban J connectivity index is 2.77. The average molecular weight is 305 g/mol. The van der Waals surface area contributed by atoms with E-state index in [0.29, 0.717) is 31.7 Å². The first-order valence-electron chi connectivity index (χ1n) is 5.05. The lowest BCUT2D eigenvalue weighted by Gasteiger charge is -2.09. The maximum atomic E-state index is 10.7. The summed E-state index contributed by atoms with van der Waals surface area (Å²) in [4.78, 5) is 14.9. The molecule has 0 amide bonds. The Morgan fingerprint density at radius 1 is 1.28 bits per heavy atom. The molecule has 0 aliphatic rings. The molecule has 3 nitrogen and oxygen atoms in total. The van der Waals surface area contributed by atoms with Crippen molar-refractivity contribution in [2.45, 2.75) is 13.3 Å². The van der Waals surface area contributed by atoms with E-state index >= 15 is 0 Å². The van der Waals surface area contributed by atoms with Crippen LogP contribution in [0.15, 0.2) is 12.1 Å². The predicted molar refractivity (Wildman–Crippen MR) is 72.8 cm³/mol. The van der Waals surface area contributed by atoms with Crippen molar-refractivity contribution >= 4 is 51.7 Å². The van der Waals surface area contributed by atoms with E-state index < -0.39 is 5.97 Å². The van der Waals surface area contributed by atoms with Crippen LogP contribution in [0.25, 0.3) is 10.9 Å². The van der Waals surface area contributed by atoms with Gasteiger partial charge in [-0.25, -0.2) is 0 Å². The summed E-state index contributed by atoms with van der Waals surface area (Å²) in [6.45, 7) is 1.81. The van der Waals surface area contributed by atoms with E-state index in [9.17, 15) is 4.79 Å². The maximum Gasteiger partial charge on any atom is 0.309 e. The normalized spacial score (nSPS) is 10.9. The minimum atomic E-state index is -0.947. The van der Waals surface area contributed by atoms with E-state index in [2.05, 4.69) is 4.98 Å². The number of nitrogens with zero attached hydrogens (tertiary/aromatic N) is 1. The Bertz CT molecular complexity index is 656. The molecule has 0 fully saturated rings. The standard InChI is InChI=1S/C12H8Cl3NO2/c1-5-2-6(3-9(17)18)16-12-8(14)4-7(13)11(15)10(5)12/h2,4H,3H2,1H3,(H,17,18). The van der Waals surface area contributed by atoms with E-state index in [-0.39, 0.29) is 6.42 Å². The number of carbonyl (C=O) groups is 1. The first-order chi connectivity index (χ1) is 8.40. The van der Waals surface area contributed by atoms with Gasteiger partial charge in [-0.15, -0.1) is 0 Å². The van der Waals surface area contributed by atoms with Gasteiger partial charge in [0.05, 0.1) is 32.7 Å². The van der Waals surface area contributed by atoms with Gasteiger partial charge >= 0.3 is 5.97 Å². The first kappa shape index (κ1) is 13.4. The van der Waals surface area contributed by atoms with Gasteiger partial charge in [-0.2, -0.15) is 0 Å². The molecule has 0 bridgehead atoms. The third-order valence-corrected chi connectivity index (χ3v) is 3.59. The third kappa shape index (κ3) is 2.39. The molecule has 0 atom stereocenters. The first-order valence-corrected chi connectivity index (χ1v) is 6.19. The number of pyridine rings is 1. The van der Waals surface area contributed by atoms with E-state index in [4.69, 9.17) is 39.9 Å². The number of carboxylic acids is 1. The summed E-state index contributed by atoms with van der Waals surface area (Å²) in [7, 11) is 0. The van der Waals surface area contributed by atoms with Crippen LogP contribution in [0.2, 0.25) is 15.1 Å². The number of halogens is 3. The summed E-state index contributed by atoms with van der Waals surface area (Å²) in [6, 6.07) is 3.18. The second-order valence-corrected chi connectivity index (χ2v) is 5.07. The summed E-state index contributed by atoms with van der Waals surface area (Å²) in [5.74, 6) is -0.947. The van der Waals surface area contributed by atoms with Crippen LogP contribution in [0, 0.1) is 6.92 Å². The van der Waals surface area contributed by atoms with E-state index in [0.717, 1.165) is 5.56 Å². The van der Waals surface area contributed by atoms with Crippen molar-refractivity contribution in [1.29, 1.82) is 0 Å². The lowest BCUT2D eigenvalue weighted by molar-refractivity contribution is -0.136. The predicted octanol–water partition coefficient (Wildman–Crippen LogP) is 4.13. The van der Waals surface area contributed by atoms with Gasteiger partial charge in [-0.1, -0.05) is 34.8 Å². The minimum absolute atomic E-state index is 0.159. The van der Waals surface area contributed by atoms with Gasteiger partial charge in [0.25, 0.3) is 0 Å². The zero-order valence-corrected chi connectivity index (χ0v) is 11.6. The molecular weight excluding hydrogens is 296 g/mol. The number of aliphatic carboxylic acids is 1. The van der Waals surface area contributed by atoms with Crippen LogP contribution in [0.5, 0.6) is 0 Å². The van der Waals surface area contributed by atoms with Crippen molar-refractivity contribution in [3.05, 3.63) is 38.5 Å². The molecule has 0 aliphatic heterocycles. The zero-order valence-electron chi connectivity index (χ0n) is 9.30. The summed E-state index contributed by atoms with van der Waals surface area (Å²) in [5.41, 5.74) is 1.71. The molecule has 6 heteroatoms. The largest absolute Gasteiger partial charge is 0.481 e. The molecule has 0 aliphatic carbocycles. The van der Waals surface area contributed by atoms with Crippen molar-refractivity contribution in [3.63, 3.8) is 0 Å². The molecular formula is C12H8Cl3NO2. The van der Waals surface area contributed by atoms with E-state index in [1.807, 2.05) is 6.92 Å². The summed E-state index contributed by atoms with van der Waals surface area (Å²) >= 11 is 18.1. The summed E-state index contributed by atoms with van der Waals surface area (Å²) < 4.78 is 0. The van der Waals surface area contributed by atoms with Gasteiger partial charge in [0.1, 0.15) is 0 Å². The Labute approximate surface area is 118 Å². The zero-order chi connectivity index (χ0) is 13.4. The molecule has 1 N–H and O–H groups in total. The Morgan fingerprint density at radius 3 is 2.56 bits per heavy atom. The van der Waals surface area contributed by atoms with Crippen molar-refractivity contribution < 1.29 is 9.90 Å². The van der Waals surface area contributed by atoms with Crippen LogP contribution in [0.3, 0.4) is 0 Å². The molecule has 2 aromatic rings. The number of carboxylic acid groups (broad SMARTS) is 1. The Kier molecular flexibility index (Phi) is 3.66. The number of hydrogen-bond donors (Lipinski definition) is 1. The second-order valence-electron chi connectivity index (χ2n) is 3.88. The molecule has 1 aromatic carbocycles. The van der Waals surface area contributed by atoms with Crippen LogP contribution in [-0.2, 0) is 11.2 Å². The molecule has 1 heterocycles. The quantitative estimate of drug-likeness (QED) is 0.849. The number of benzene rings is 1. The lowest BCUT2D eigenvalue weighted by Crippen LogP contribution is -2.03. The number of fused-ring (bicyclic) bond motifs is 1. The van der Waals surface area contributed by atoms with Crippen LogP contribution in [-0.4, -0.2) is 16.1 Å².